The number of aromatic nitrogens is 4. The second kappa shape index (κ2) is 3.89. The van der Waals surface area contributed by atoms with Crippen molar-refractivity contribution in [1.29, 1.82) is 0 Å². The third-order valence-corrected chi connectivity index (χ3v) is 2.52. The molecule has 6 nitrogen and oxygen atoms in total. The van der Waals surface area contributed by atoms with Gasteiger partial charge in [0, 0.05) is 11.9 Å². The van der Waals surface area contributed by atoms with E-state index in [1.807, 2.05) is 18.2 Å². The molecule has 2 N–H and O–H groups in total. The van der Waals surface area contributed by atoms with E-state index in [1.165, 1.54) is 0 Å². The second-order valence-corrected chi connectivity index (χ2v) is 3.75. The number of H-pyrrole nitrogens is 1. The minimum Gasteiger partial charge on any atom is -0.334 e. The number of rotatable bonds is 3. The predicted octanol–water partition coefficient (Wildman–Crippen LogP) is 1.87. The first-order chi connectivity index (χ1) is 8.33. The fraction of sp³-hybridized carbons (Fsp3) is 0.182. The van der Waals surface area contributed by atoms with Gasteiger partial charge in [-0.15, -0.1) is 0 Å². The van der Waals surface area contributed by atoms with Crippen LogP contribution in [-0.4, -0.2) is 20.3 Å². The van der Waals surface area contributed by atoms with Gasteiger partial charge in [-0.05, 0) is 12.5 Å². The van der Waals surface area contributed by atoms with E-state index in [4.69, 9.17) is 4.52 Å². The Morgan fingerprint density at radius 2 is 2.35 bits per heavy atom. The van der Waals surface area contributed by atoms with Crippen molar-refractivity contribution in [3.63, 3.8) is 0 Å². The number of anilines is 1. The number of nitrogens with zero attached hydrogens (tertiary/aromatic N) is 3. The Morgan fingerprint density at radius 3 is 3.18 bits per heavy atom. The Hall–Kier alpha value is -2.37. The Bertz CT molecular complexity index is 642. The van der Waals surface area contributed by atoms with Gasteiger partial charge in [-0.2, -0.15) is 10.1 Å². The molecule has 86 valence electrons. The lowest BCUT2D eigenvalue weighted by Gasteiger charge is -2.02. The summed E-state index contributed by atoms with van der Waals surface area (Å²) in [7, 11) is 0. The van der Waals surface area contributed by atoms with Crippen LogP contribution in [0.3, 0.4) is 0 Å². The molecule has 3 aromatic rings. The molecule has 0 atom stereocenters. The van der Waals surface area contributed by atoms with Gasteiger partial charge >= 0.3 is 6.01 Å². The number of nitrogens with one attached hydrogen (secondary N) is 2. The highest BCUT2D eigenvalue weighted by Crippen LogP contribution is 2.16. The molecule has 0 bridgehead atoms. The number of fused-ring (bicyclic) bond motifs is 1. The van der Waals surface area contributed by atoms with Crippen molar-refractivity contribution in [3.8, 4) is 0 Å². The van der Waals surface area contributed by atoms with Crippen LogP contribution in [0.1, 0.15) is 11.4 Å². The van der Waals surface area contributed by atoms with Crippen LogP contribution in [0.15, 0.2) is 28.9 Å². The molecular formula is C11H11N5O. The van der Waals surface area contributed by atoms with E-state index >= 15 is 0 Å². The maximum absolute atomic E-state index is 4.98. The molecular weight excluding hydrogens is 218 g/mol. The van der Waals surface area contributed by atoms with Crippen LogP contribution in [0.4, 0.5) is 6.01 Å². The topological polar surface area (TPSA) is 79.6 Å². The molecule has 0 aliphatic heterocycles. The summed E-state index contributed by atoms with van der Waals surface area (Å²) in [5.74, 6) is 0.618. The molecule has 2 heterocycles. The molecule has 0 aliphatic carbocycles. The fourth-order valence-electron chi connectivity index (χ4n) is 1.72. The zero-order valence-electron chi connectivity index (χ0n) is 9.27. The molecule has 0 spiro atoms. The van der Waals surface area contributed by atoms with Gasteiger partial charge in [-0.3, -0.25) is 5.10 Å². The van der Waals surface area contributed by atoms with Gasteiger partial charge in [0.2, 0.25) is 0 Å². The van der Waals surface area contributed by atoms with Gasteiger partial charge in [0.1, 0.15) is 0 Å². The van der Waals surface area contributed by atoms with Crippen LogP contribution < -0.4 is 5.32 Å². The number of para-hydroxylation sites is 1. The standard InChI is InChI=1S/C11H11N5O/c1-7-14-11(17-16-7)12-5-8-3-2-4-9-6-13-15-10(8)9/h2-4,6H,5H2,1H3,(H,13,15)(H,12,14,16). The Balaban J connectivity index is 1.83. The highest BCUT2D eigenvalue weighted by Gasteiger charge is 2.05. The number of benzene rings is 1. The van der Waals surface area contributed by atoms with E-state index in [0.717, 1.165) is 16.5 Å². The van der Waals surface area contributed by atoms with Gasteiger partial charge < -0.3 is 9.84 Å². The van der Waals surface area contributed by atoms with Crippen molar-refractivity contribution in [1.82, 2.24) is 20.3 Å². The van der Waals surface area contributed by atoms with E-state index in [2.05, 4.69) is 25.7 Å². The summed E-state index contributed by atoms with van der Waals surface area (Å²) in [6.45, 7) is 2.39. The zero-order chi connectivity index (χ0) is 11.7. The molecule has 3 rings (SSSR count). The van der Waals surface area contributed by atoms with Crippen molar-refractivity contribution in [2.75, 3.05) is 5.32 Å². The molecule has 0 radical (unpaired) electrons. The molecule has 0 amide bonds. The normalized spacial score (nSPS) is 10.9. The van der Waals surface area contributed by atoms with Crippen molar-refractivity contribution in [2.45, 2.75) is 13.5 Å². The van der Waals surface area contributed by atoms with Crippen molar-refractivity contribution in [2.24, 2.45) is 0 Å². The van der Waals surface area contributed by atoms with E-state index in [9.17, 15) is 0 Å². The molecule has 17 heavy (non-hydrogen) atoms. The summed E-state index contributed by atoms with van der Waals surface area (Å²) in [4.78, 5) is 4.08. The maximum atomic E-state index is 4.98. The van der Waals surface area contributed by atoms with Crippen LogP contribution >= 0.6 is 0 Å². The third kappa shape index (κ3) is 1.84. The van der Waals surface area contributed by atoms with E-state index < -0.39 is 0 Å². The largest absolute Gasteiger partial charge is 0.334 e. The van der Waals surface area contributed by atoms with Gasteiger partial charge in [0.05, 0.1) is 11.7 Å². The number of aryl methyl sites for hydroxylation is 1. The third-order valence-electron chi connectivity index (χ3n) is 2.52. The minimum atomic E-state index is 0.430. The van der Waals surface area contributed by atoms with E-state index in [1.54, 1.807) is 13.1 Å². The molecule has 2 aromatic heterocycles. The lowest BCUT2D eigenvalue weighted by molar-refractivity contribution is 0.425. The van der Waals surface area contributed by atoms with E-state index in [-0.39, 0.29) is 0 Å². The first-order valence-electron chi connectivity index (χ1n) is 5.28. The summed E-state index contributed by atoms with van der Waals surface area (Å²) < 4.78 is 4.98. The Morgan fingerprint density at radius 1 is 1.41 bits per heavy atom. The summed E-state index contributed by atoms with van der Waals surface area (Å²) in [6, 6.07) is 6.46. The molecule has 6 heteroatoms. The molecule has 0 unspecified atom stereocenters. The quantitative estimate of drug-likeness (QED) is 0.716. The van der Waals surface area contributed by atoms with Crippen molar-refractivity contribution < 1.29 is 4.52 Å². The van der Waals surface area contributed by atoms with Gasteiger partial charge in [-0.25, -0.2) is 0 Å². The highest BCUT2D eigenvalue weighted by molar-refractivity contribution is 5.81. The first kappa shape index (κ1) is 9.83. The van der Waals surface area contributed by atoms with Gasteiger partial charge in [0.25, 0.3) is 0 Å². The summed E-state index contributed by atoms with van der Waals surface area (Å²) in [5, 5.41) is 14.9. The van der Waals surface area contributed by atoms with Crippen LogP contribution in [0.2, 0.25) is 0 Å². The minimum absolute atomic E-state index is 0.430. The predicted molar refractivity (Wildman–Crippen MR) is 62.5 cm³/mol. The van der Waals surface area contributed by atoms with E-state index in [0.29, 0.717) is 18.4 Å². The SMILES string of the molecule is Cc1noc(NCc2cccc3cn[nH]c23)n1. The van der Waals surface area contributed by atoms with Crippen molar-refractivity contribution in [3.05, 3.63) is 35.8 Å². The molecule has 0 saturated carbocycles. The molecule has 0 fully saturated rings. The van der Waals surface area contributed by atoms with Crippen molar-refractivity contribution >= 4 is 16.9 Å². The average Bonchev–Trinajstić information content (AvgIpc) is 2.94. The summed E-state index contributed by atoms with van der Waals surface area (Å²) >= 11 is 0. The van der Waals surface area contributed by atoms with Gasteiger partial charge in [-0.1, -0.05) is 23.4 Å². The molecule has 0 saturated heterocycles. The lowest BCUT2D eigenvalue weighted by Crippen LogP contribution is -2.00. The first-order valence-corrected chi connectivity index (χ1v) is 5.28. The van der Waals surface area contributed by atoms with Gasteiger partial charge in [0.15, 0.2) is 5.82 Å². The van der Waals surface area contributed by atoms with Crippen LogP contribution in [0.25, 0.3) is 10.9 Å². The maximum Gasteiger partial charge on any atom is 0.321 e. The number of aromatic amines is 1. The monoisotopic (exact) mass is 229 g/mol. The fourth-order valence-corrected chi connectivity index (χ4v) is 1.72. The lowest BCUT2D eigenvalue weighted by atomic mass is 10.1. The Kier molecular flexibility index (Phi) is 2.25. The van der Waals surface area contributed by atoms with Crippen LogP contribution in [0.5, 0.6) is 0 Å². The smallest absolute Gasteiger partial charge is 0.321 e. The summed E-state index contributed by atoms with van der Waals surface area (Å²) in [5.41, 5.74) is 2.13. The second-order valence-electron chi connectivity index (χ2n) is 3.75. The number of hydrogen-bond acceptors (Lipinski definition) is 5. The molecule has 1 aromatic carbocycles. The summed E-state index contributed by atoms with van der Waals surface area (Å²) in [6.07, 6.45) is 1.80. The Labute approximate surface area is 97.0 Å². The van der Waals surface area contributed by atoms with Crippen LogP contribution in [0, 0.1) is 6.92 Å². The average molecular weight is 229 g/mol. The zero-order valence-corrected chi connectivity index (χ0v) is 9.27. The van der Waals surface area contributed by atoms with Crippen LogP contribution in [-0.2, 0) is 6.54 Å². The molecule has 0 aliphatic rings. The highest BCUT2D eigenvalue weighted by atomic mass is 16.5. The number of hydrogen-bond donors (Lipinski definition) is 2.